The molecule has 1 nitrogen and oxygen atoms in total. The third-order valence-electron chi connectivity index (χ3n) is 20.3. The zero-order valence-electron chi connectivity index (χ0n) is 42.2. The van der Waals surface area contributed by atoms with Crippen LogP contribution in [0.3, 0.4) is 0 Å². The average molecular weight is 860 g/mol. The molecule has 0 amide bonds. The maximum atomic E-state index is 2.81. The number of benzene rings is 5. The topological polar surface area (TPSA) is 3.24 Å². The zero-order chi connectivity index (χ0) is 45.4. The first-order chi connectivity index (χ1) is 30.6. The molecule has 5 aromatic rings. The zero-order valence-corrected chi connectivity index (χ0v) is 42.2. The van der Waals surface area contributed by atoms with Crippen LogP contribution in [0.1, 0.15) is 198 Å². The van der Waals surface area contributed by atoms with E-state index in [0.29, 0.717) is 11.8 Å². The molecule has 65 heavy (non-hydrogen) atoms. The minimum Gasteiger partial charge on any atom is -0.310 e. The van der Waals surface area contributed by atoms with Crippen molar-refractivity contribution in [2.24, 2.45) is 23.7 Å². The highest BCUT2D eigenvalue weighted by atomic mass is 15.1. The van der Waals surface area contributed by atoms with E-state index in [1.54, 1.807) is 11.1 Å². The second-order valence-corrected chi connectivity index (χ2v) is 27.0. The summed E-state index contributed by atoms with van der Waals surface area (Å²) < 4.78 is 0. The molecular weight excluding hydrogens is 783 g/mol. The Bertz CT molecular complexity index is 2690. The molecule has 4 saturated carbocycles. The Kier molecular flexibility index (Phi) is 8.80. The Labute approximate surface area is 393 Å². The summed E-state index contributed by atoms with van der Waals surface area (Å²) in [6.45, 7) is 29.9. The van der Waals surface area contributed by atoms with Crippen molar-refractivity contribution in [2.45, 2.75) is 192 Å². The molecule has 8 aliphatic carbocycles. The van der Waals surface area contributed by atoms with Gasteiger partial charge in [-0.2, -0.15) is 0 Å². The predicted molar refractivity (Wildman–Crippen MR) is 276 cm³/mol. The second-order valence-electron chi connectivity index (χ2n) is 27.0. The summed E-state index contributed by atoms with van der Waals surface area (Å²) in [6.07, 6.45) is 14.3. The molecule has 1 heteroatoms. The Balaban J connectivity index is 1.18. The van der Waals surface area contributed by atoms with Crippen LogP contribution in [0, 0.1) is 23.7 Å². The van der Waals surface area contributed by atoms with E-state index in [2.05, 4.69) is 179 Å². The molecule has 0 atom stereocenters. The lowest BCUT2D eigenvalue weighted by atomic mass is 9.43. The molecule has 338 valence electrons. The van der Waals surface area contributed by atoms with Gasteiger partial charge in [0.2, 0.25) is 0 Å². The number of fused-ring (bicyclic) bond motifs is 6. The van der Waals surface area contributed by atoms with E-state index < -0.39 is 0 Å². The van der Waals surface area contributed by atoms with Gasteiger partial charge in [-0.25, -0.2) is 0 Å². The lowest BCUT2D eigenvalue weighted by Crippen LogP contribution is -2.55. The van der Waals surface area contributed by atoms with Crippen molar-refractivity contribution in [1.29, 1.82) is 0 Å². The average Bonchev–Trinajstić information content (AvgIpc) is 3.54. The number of nitrogens with zero attached hydrogens (tertiary/aromatic N) is 1. The van der Waals surface area contributed by atoms with Gasteiger partial charge in [-0.3, -0.25) is 0 Å². The van der Waals surface area contributed by atoms with Gasteiger partial charge in [-0.05, 0) is 224 Å². The summed E-state index contributed by atoms with van der Waals surface area (Å²) in [7, 11) is 0. The fraction of sp³-hybridized carbons (Fsp3) is 0.531. The smallest absolute Gasteiger partial charge is 0.0543 e. The number of hydrogen-bond donors (Lipinski definition) is 0. The molecule has 0 unspecified atom stereocenters. The number of rotatable bonds is 4. The summed E-state index contributed by atoms with van der Waals surface area (Å²) in [5.41, 5.74) is 23.0. The molecule has 0 heterocycles. The third kappa shape index (κ3) is 6.00. The van der Waals surface area contributed by atoms with Gasteiger partial charge in [0.1, 0.15) is 0 Å². The first-order valence-corrected chi connectivity index (χ1v) is 26.1. The maximum Gasteiger partial charge on any atom is 0.0543 e. The highest BCUT2D eigenvalue weighted by Crippen LogP contribution is 2.70. The van der Waals surface area contributed by atoms with E-state index in [9.17, 15) is 0 Å². The normalized spacial score (nSPS) is 29.4. The van der Waals surface area contributed by atoms with Crippen LogP contribution in [0.5, 0.6) is 0 Å². The molecule has 0 aliphatic heterocycles. The first-order valence-electron chi connectivity index (χ1n) is 26.1. The summed E-state index contributed by atoms with van der Waals surface area (Å²) in [4.78, 5) is 2.77. The molecule has 13 rings (SSSR count). The summed E-state index contributed by atoms with van der Waals surface area (Å²) in [5, 5.41) is 0. The van der Waals surface area contributed by atoms with E-state index in [-0.39, 0.29) is 37.9 Å². The third-order valence-corrected chi connectivity index (χ3v) is 20.3. The van der Waals surface area contributed by atoms with Crippen molar-refractivity contribution in [3.8, 4) is 22.3 Å². The van der Waals surface area contributed by atoms with Crippen LogP contribution in [0.2, 0.25) is 0 Å². The van der Waals surface area contributed by atoms with Crippen LogP contribution in [-0.2, 0) is 37.9 Å². The highest BCUT2D eigenvalue weighted by molar-refractivity contribution is 5.95. The minimum atomic E-state index is 0.0733. The number of anilines is 3. The molecule has 4 fully saturated rings. The molecule has 5 aromatic carbocycles. The summed E-state index contributed by atoms with van der Waals surface area (Å²) >= 11 is 0. The van der Waals surface area contributed by atoms with Crippen molar-refractivity contribution in [2.75, 3.05) is 4.90 Å². The van der Waals surface area contributed by atoms with E-state index in [0.717, 1.165) is 11.8 Å². The van der Waals surface area contributed by atoms with Gasteiger partial charge in [0.15, 0.2) is 0 Å². The maximum absolute atomic E-state index is 2.81. The first kappa shape index (κ1) is 42.3. The van der Waals surface area contributed by atoms with E-state index in [1.807, 2.05) is 0 Å². The van der Waals surface area contributed by atoms with Gasteiger partial charge >= 0.3 is 0 Å². The second kappa shape index (κ2) is 13.5. The molecule has 0 aromatic heterocycles. The lowest BCUT2D eigenvalue weighted by Gasteiger charge is -2.61. The summed E-state index contributed by atoms with van der Waals surface area (Å²) in [6, 6.07) is 38.4. The minimum absolute atomic E-state index is 0.0733. The molecule has 1 spiro atoms. The van der Waals surface area contributed by atoms with E-state index in [4.69, 9.17) is 0 Å². The highest BCUT2D eigenvalue weighted by Gasteiger charge is 2.62. The van der Waals surface area contributed by atoms with Crippen molar-refractivity contribution in [3.63, 3.8) is 0 Å². The summed E-state index contributed by atoms with van der Waals surface area (Å²) in [5.74, 6) is 3.23. The van der Waals surface area contributed by atoms with Crippen LogP contribution in [0.25, 0.3) is 22.3 Å². The molecular formula is C64H77N. The Morgan fingerprint density at radius 1 is 0.354 bits per heavy atom. The Hall–Kier alpha value is -4.10. The van der Waals surface area contributed by atoms with Crippen LogP contribution < -0.4 is 4.90 Å². The van der Waals surface area contributed by atoms with Gasteiger partial charge in [0.25, 0.3) is 0 Å². The fourth-order valence-corrected chi connectivity index (χ4v) is 16.2. The number of hydrogen-bond acceptors (Lipinski definition) is 1. The Morgan fingerprint density at radius 3 is 1.28 bits per heavy atom. The van der Waals surface area contributed by atoms with Crippen molar-refractivity contribution in [1.82, 2.24) is 0 Å². The van der Waals surface area contributed by atoms with Crippen molar-refractivity contribution >= 4 is 17.1 Å². The van der Waals surface area contributed by atoms with Crippen molar-refractivity contribution < 1.29 is 0 Å². The standard InChI is InChI=1S/C64H77N/c1-58(2)23-26-61(7,8)54-34-41(17-20-50(54)58)47-37-48-46-15-13-14-16-49(46)64(42-30-39-29-40(32-42)33-43(64)31-39)53(48)38-57(47)65(44-18-21-51-55(35-44)62(9,10)27-24-59(51,3)4)45-19-22-52-56(36-45)63(11,12)28-25-60(52,5)6/h13-22,34-40,42-43H,23-33H2,1-12H3. The van der Waals surface area contributed by atoms with Crippen LogP contribution in [-0.4, -0.2) is 0 Å². The fourth-order valence-electron chi connectivity index (χ4n) is 16.2. The van der Waals surface area contributed by atoms with Gasteiger partial charge in [-0.15, -0.1) is 0 Å². The van der Waals surface area contributed by atoms with Crippen LogP contribution in [0.15, 0.2) is 91.0 Å². The predicted octanol–water partition coefficient (Wildman–Crippen LogP) is 17.6. The molecule has 0 radical (unpaired) electrons. The van der Waals surface area contributed by atoms with Gasteiger partial charge in [0.05, 0.1) is 5.69 Å². The van der Waals surface area contributed by atoms with E-state index >= 15 is 0 Å². The van der Waals surface area contributed by atoms with Gasteiger partial charge < -0.3 is 4.90 Å². The SMILES string of the molecule is CC1(C)CCC(C)(C)c2cc(-c3cc4c(cc3N(c3ccc5c(c3)C(C)(C)CCC5(C)C)c3ccc5c(c3)C(C)(C)CCC5(C)C)C3(c5ccccc5-4)C4CC5CC(C4)CC3C5)ccc21. The molecule has 0 saturated heterocycles. The van der Waals surface area contributed by atoms with Gasteiger partial charge in [0, 0.05) is 22.4 Å². The lowest BCUT2D eigenvalue weighted by molar-refractivity contribution is -0.0399. The molecule has 8 aliphatic rings. The van der Waals surface area contributed by atoms with Gasteiger partial charge in [-0.1, -0.05) is 138 Å². The van der Waals surface area contributed by atoms with Crippen LogP contribution in [0.4, 0.5) is 17.1 Å². The quantitative estimate of drug-likeness (QED) is 0.174. The molecule has 0 N–H and O–H groups in total. The largest absolute Gasteiger partial charge is 0.310 e. The molecule has 4 bridgehead atoms. The Morgan fingerprint density at radius 2 is 0.785 bits per heavy atom. The van der Waals surface area contributed by atoms with E-state index in [1.165, 1.54) is 143 Å². The monoisotopic (exact) mass is 860 g/mol. The van der Waals surface area contributed by atoms with Crippen molar-refractivity contribution in [3.05, 3.63) is 136 Å². The van der Waals surface area contributed by atoms with Crippen LogP contribution >= 0.6 is 0 Å².